The second-order valence-corrected chi connectivity index (χ2v) is 6.38. The van der Waals surface area contributed by atoms with Crippen molar-refractivity contribution >= 4 is 23.4 Å². The van der Waals surface area contributed by atoms with Gasteiger partial charge in [-0.3, -0.25) is 9.59 Å². The van der Waals surface area contributed by atoms with Crippen LogP contribution in [0.1, 0.15) is 38.5 Å². The highest BCUT2D eigenvalue weighted by atomic mass is 35.5. The van der Waals surface area contributed by atoms with E-state index in [4.69, 9.17) is 16.3 Å². The molecule has 1 aliphatic carbocycles. The number of carbonyl (C=O) groups is 2. The summed E-state index contributed by atoms with van der Waals surface area (Å²) in [5.74, 6) is -0.133. The number of ether oxygens (including phenoxy) is 1. The molecule has 0 aromatic carbocycles. The Morgan fingerprint density at radius 3 is 2.52 bits per heavy atom. The third-order valence-corrected chi connectivity index (χ3v) is 4.40. The highest BCUT2D eigenvalue weighted by molar-refractivity contribution is 6.30. The lowest BCUT2D eigenvalue weighted by Gasteiger charge is -2.29. The lowest BCUT2D eigenvalue weighted by molar-refractivity contribution is -0.126. The molecule has 1 saturated carbocycles. The topological polar surface area (TPSA) is 93.2 Å². The van der Waals surface area contributed by atoms with Gasteiger partial charge >= 0.3 is 6.01 Å². The Labute approximate surface area is 139 Å². The van der Waals surface area contributed by atoms with Crippen molar-refractivity contribution in [3.63, 3.8) is 0 Å². The molecule has 124 valence electrons. The van der Waals surface area contributed by atoms with E-state index in [2.05, 4.69) is 20.6 Å². The molecule has 7 nitrogen and oxygen atoms in total. The Kier molecular flexibility index (Phi) is 4.95. The highest BCUT2D eigenvalue weighted by Gasteiger charge is 2.30. The summed E-state index contributed by atoms with van der Waals surface area (Å²) in [7, 11) is 0. The quantitative estimate of drug-likeness (QED) is 0.861. The SMILES string of the molecule is O=C1CCC(C(=O)NC2CCC(Oc3ncc(Cl)cn3)CC2)N1. The maximum atomic E-state index is 12.1. The molecule has 2 amide bonds. The van der Waals surface area contributed by atoms with E-state index in [1.54, 1.807) is 0 Å². The van der Waals surface area contributed by atoms with Gasteiger partial charge in [0.2, 0.25) is 11.8 Å². The lowest BCUT2D eigenvalue weighted by Crippen LogP contribution is -2.47. The van der Waals surface area contributed by atoms with Crippen molar-refractivity contribution < 1.29 is 14.3 Å². The van der Waals surface area contributed by atoms with Gasteiger partial charge in [-0.05, 0) is 32.1 Å². The molecular weight excluding hydrogens is 320 g/mol. The standard InChI is InChI=1S/C15H19ClN4O3/c16-9-7-17-15(18-8-9)23-11-3-1-10(2-4-11)19-14(22)12-5-6-13(21)20-12/h7-8,10-12H,1-6H2,(H,19,22)(H,20,21). The van der Waals surface area contributed by atoms with Crippen LogP contribution in [0.2, 0.25) is 5.02 Å². The van der Waals surface area contributed by atoms with Gasteiger partial charge in [0.15, 0.2) is 0 Å². The summed E-state index contributed by atoms with van der Waals surface area (Å²) in [6.07, 6.45) is 7.40. The summed E-state index contributed by atoms with van der Waals surface area (Å²) in [5, 5.41) is 6.18. The van der Waals surface area contributed by atoms with E-state index in [-0.39, 0.29) is 30.0 Å². The third-order valence-electron chi connectivity index (χ3n) is 4.20. The number of hydrogen-bond acceptors (Lipinski definition) is 5. The van der Waals surface area contributed by atoms with Crippen LogP contribution in [0.25, 0.3) is 0 Å². The molecule has 2 heterocycles. The van der Waals surface area contributed by atoms with Crippen LogP contribution in [0.3, 0.4) is 0 Å². The van der Waals surface area contributed by atoms with Gasteiger partial charge < -0.3 is 15.4 Å². The second kappa shape index (κ2) is 7.12. The van der Waals surface area contributed by atoms with Crippen molar-refractivity contribution in [3.05, 3.63) is 17.4 Å². The van der Waals surface area contributed by atoms with Crippen molar-refractivity contribution in [1.29, 1.82) is 0 Å². The van der Waals surface area contributed by atoms with Gasteiger partial charge in [-0.2, -0.15) is 0 Å². The molecule has 23 heavy (non-hydrogen) atoms. The molecule has 2 N–H and O–H groups in total. The van der Waals surface area contributed by atoms with E-state index in [1.807, 2.05) is 0 Å². The largest absolute Gasteiger partial charge is 0.460 e. The zero-order valence-electron chi connectivity index (χ0n) is 12.6. The minimum Gasteiger partial charge on any atom is -0.460 e. The monoisotopic (exact) mass is 338 g/mol. The fourth-order valence-corrected chi connectivity index (χ4v) is 3.05. The summed E-state index contributed by atoms with van der Waals surface area (Å²) >= 11 is 5.74. The molecule has 1 aliphatic heterocycles. The second-order valence-electron chi connectivity index (χ2n) is 5.94. The van der Waals surface area contributed by atoms with Gasteiger partial charge in [-0.25, -0.2) is 9.97 Å². The van der Waals surface area contributed by atoms with Crippen molar-refractivity contribution in [2.75, 3.05) is 0 Å². The zero-order valence-corrected chi connectivity index (χ0v) is 13.4. The molecule has 1 aromatic rings. The van der Waals surface area contributed by atoms with E-state index in [0.29, 0.717) is 23.9 Å². The molecule has 3 rings (SSSR count). The van der Waals surface area contributed by atoms with E-state index < -0.39 is 0 Å². The predicted molar refractivity (Wildman–Crippen MR) is 83.0 cm³/mol. The fraction of sp³-hybridized carbons (Fsp3) is 0.600. The minimum atomic E-state index is -0.376. The van der Waals surface area contributed by atoms with Crippen LogP contribution in [0.15, 0.2) is 12.4 Å². The smallest absolute Gasteiger partial charge is 0.316 e. The van der Waals surface area contributed by atoms with Crippen LogP contribution in [0.4, 0.5) is 0 Å². The summed E-state index contributed by atoms with van der Waals surface area (Å²) in [5.41, 5.74) is 0. The molecule has 0 bridgehead atoms. The molecule has 1 aromatic heterocycles. The third kappa shape index (κ3) is 4.31. The number of rotatable bonds is 4. The number of nitrogens with one attached hydrogen (secondary N) is 2. The van der Waals surface area contributed by atoms with E-state index >= 15 is 0 Å². The number of aromatic nitrogens is 2. The molecule has 2 aliphatic rings. The van der Waals surface area contributed by atoms with Crippen molar-refractivity contribution in [3.8, 4) is 6.01 Å². The first-order chi connectivity index (χ1) is 11.1. The van der Waals surface area contributed by atoms with E-state index in [9.17, 15) is 9.59 Å². The van der Waals surface area contributed by atoms with Crippen LogP contribution in [0, 0.1) is 0 Å². The molecular formula is C15H19ClN4O3. The molecule has 0 radical (unpaired) electrons. The molecule has 1 saturated heterocycles. The normalized spacial score (nSPS) is 27.3. The average Bonchev–Trinajstić information content (AvgIpc) is 2.98. The maximum absolute atomic E-state index is 12.1. The Bertz CT molecular complexity index is 573. The molecule has 2 fully saturated rings. The van der Waals surface area contributed by atoms with E-state index in [0.717, 1.165) is 25.7 Å². The Hall–Kier alpha value is -1.89. The number of hydrogen-bond donors (Lipinski definition) is 2. The molecule has 1 atom stereocenters. The van der Waals surface area contributed by atoms with Gasteiger partial charge in [0, 0.05) is 12.5 Å². The van der Waals surface area contributed by atoms with Gasteiger partial charge in [0.1, 0.15) is 12.1 Å². The lowest BCUT2D eigenvalue weighted by atomic mass is 9.92. The van der Waals surface area contributed by atoms with Gasteiger partial charge in [-0.1, -0.05) is 11.6 Å². The van der Waals surface area contributed by atoms with Crippen molar-refractivity contribution in [2.45, 2.75) is 56.7 Å². The first-order valence-electron chi connectivity index (χ1n) is 7.84. The molecule has 0 spiro atoms. The fourth-order valence-electron chi connectivity index (χ4n) is 2.95. The van der Waals surface area contributed by atoms with Crippen molar-refractivity contribution in [2.24, 2.45) is 0 Å². The van der Waals surface area contributed by atoms with Crippen LogP contribution in [-0.4, -0.2) is 40.0 Å². The van der Waals surface area contributed by atoms with E-state index in [1.165, 1.54) is 12.4 Å². The summed E-state index contributed by atoms with van der Waals surface area (Å²) in [6.45, 7) is 0. The first-order valence-corrected chi connectivity index (χ1v) is 8.22. The van der Waals surface area contributed by atoms with Crippen LogP contribution >= 0.6 is 11.6 Å². The summed E-state index contributed by atoms with van der Waals surface area (Å²) in [6, 6.07) is 0.0838. The zero-order chi connectivity index (χ0) is 16.2. The van der Waals surface area contributed by atoms with Crippen LogP contribution < -0.4 is 15.4 Å². The number of carbonyl (C=O) groups excluding carboxylic acids is 2. The Balaban J connectivity index is 1.42. The minimum absolute atomic E-state index is 0.0507. The Morgan fingerprint density at radius 2 is 1.91 bits per heavy atom. The van der Waals surface area contributed by atoms with Crippen LogP contribution in [0.5, 0.6) is 6.01 Å². The maximum Gasteiger partial charge on any atom is 0.316 e. The predicted octanol–water partition coefficient (Wildman–Crippen LogP) is 1.21. The number of halogens is 1. The Morgan fingerprint density at radius 1 is 1.22 bits per heavy atom. The van der Waals surface area contributed by atoms with Crippen LogP contribution in [-0.2, 0) is 9.59 Å². The number of amides is 2. The average molecular weight is 339 g/mol. The van der Waals surface area contributed by atoms with Gasteiger partial charge in [0.25, 0.3) is 0 Å². The first kappa shape index (κ1) is 16.0. The summed E-state index contributed by atoms with van der Waals surface area (Å²) < 4.78 is 5.73. The molecule has 1 unspecified atom stereocenters. The van der Waals surface area contributed by atoms with Gasteiger partial charge in [0.05, 0.1) is 17.4 Å². The number of nitrogens with zero attached hydrogens (tertiary/aromatic N) is 2. The van der Waals surface area contributed by atoms with Crippen molar-refractivity contribution in [1.82, 2.24) is 20.6 Å². The highest BCUT2D eigenvalue weighted by Crippen LogP contribution is 2.22. The molecule has 8 heteroatoms. The van der Waals surface area contributed by atoms with Gasteiger partial charge in [-0.15, -0.1) is 0 Å². The summed E-state index contributed by atoms with van der Waals surface area (Å²) in [4.78, 5) is 31.3.